The predicted octanol–water partition coefficient (Wildman–Crippen LogP) is 2.89. The number of thiophene rings is 1. The molecule has 0 atom stereocenters. The summed E-state index contributed by atoms with van der Waals surface area (Å²) in [6.45, 7) is 3.91. The number of amides is 3. The number of anilines is 2. The number of rotatable bonds is 5. The summed E-state index contributed by atoms with van der Waals surface area (Å²) in [4.78, 5) is 39.2. The van der Waals surface area contributed by atoms with Crippen LogP contribution in [-0.2, 0) is 14.3 Å². The van der Waals surface area contributed by atoms with Crippen LogP contribution in [0.2, 0.25) is 0 Å². The molecule has 3 rings (SSSR count). The summed E-state index contributed by atoms with van der Waals surface area (Å²) in [7, 11) is 0. The number of nitrogens with one attached hydrogen (secondary N) is 2. The van der Waals surface area contributed by atoms with E-state index in [0.717, 1.165) is 3.79 Å². The van der Waals surface area contributed by atoms with Gasteiger partial charge in [0.25, 0.3) is 11.8 Å². The number of hydrogen-bond donors (Lipinski definition) is 2. The van der Waals surface area contributed by atoms with Gasteiger partial charge in [-0.05, 0) is 60.1 Å². The molecular weight excluding hydrogens is 472 g/mol. The first kappa shape index (κ1) is 22.0. The van der Waals surface area contributed by atoms with E-state index in [1.165, 1.54) is 22.3 Å². The van der Waals surface area contributed by atoms with Crippen LogP contribution < -0.4 is 15.5 Å². The van der Waals surface area contributed by atoms with Crippen molar-refractivity contribution in [2.75, 3.05) is 30.0 Å². The van der Waals surface area contributed by atoms with Crippen molar-refractivity contribution in [3.63, 3.8) is 0 Å². The number of carbonyl (C=O) groups excluding carboxylic acids is 3. The summed E-state index contributed by atoms with van der Waals surface area (Å²) in [6, 6.07) is 10.2. The van der Waals surface area contributed by atoms with Crippen LogP contribution >= 0.6 is 27.3 Å². The van der Waals surface area contributed by atoms with Crippen LogP contribution in [0.15, 0.2) is 34.1 Å². The fraction of sp³-hybridized carbons (Fsp3) is 0.300. The topological polar surface area (TPSA) is 112 Å². The zero-order valence-corrected chi connectivity index (χ0v) is 18.7. The standard InChI is InChI=1S/C20H19BrN4O4S/c1-20(2,24-18(27)15-5-6-16(21)30-15)19(28)23-13-3-4-14(12(9-13)10-22)25-7-8-29-11-17(25)26/h3-6,9H,7-8,11H2,1-2H3,(H,23,28)(H,24,27). The third kappa shape index (κ3) is 4.87. The Morgan fingerprint density at radius 1 is 1.30 bits per heavy atom. The van der Waals surface area contributed by atoms with Crippen LogP contribution in [0.1, 0.15) is 29.1 Å². The van der Waals surface area contributed by atoms with Gasteiger partial charge in [0, 0.05) is 12.2 Å². The lowest BCUT2D eigenvalue weighted by molar-refractivity contribution is -0.125. The van der Waals surface area contributed by atoms with E-state index in [0.29, 0.717) is 29.4 Å². The van der Waals surface area contributed by atoms with E-state index in [-0.39, 0.29) is 24.0 Å². The average molecular weight is 491 g/mol. The second-order valence-corrected chi connectivity index (χ2v) is 9.54. The zero-order valence-electron chi connectivity index (χ0n) is 16.3. The molecule has 0 aliphatic carbocycles. The summed E-state index contributed by atoms with van der Waals surface area (Å²) in [6.07, 6.45) is 0. The van der Waals surface area contributed by atoms with Gasteiger partial charge in [-0.2, -0.15) is 5.26 Å². The third-order valence-electron chi connectivity index (χ3n) is 4.44. The van der Waals surface area contributed by atoms with E-state index in [1.54, 1.807) is 38.1 Å². The molecule has 0 radical (unpaired) electrons. The molecule has 1 aromatic heterocycles. The lowest BCUT2D eigenvalue weighted by atomic mass is 10.0. The minimum Gasteiger partial charge on any atom is -0.370 e. The Balaban J connectivity index is 1.73. The predicted molar refractivity (Wildman–Crippen MR) is 117 cm³/mol. The molecule has 2 heterocycles. The number of nitrogens with zero attached hydrogens (tertiary/aromatic N) is 2. The highest BCUT2D eigenvalue weighted by Crippen LogP contribution is 2.26. The molecule has 0 unspecified atom stereocenters. The maximum absolute atomic E-state index is 12.7. The molecule has 1 aromatic carbocycles. The van der Waals surface area contributed by atoms with Crippen LogP contribution in [-0.4, -0.2) is 43.0 Å². The van der Waals surface area contributed by atoms with Crippen molar-refractivity contribution >= 4 is 56.4 Å². The molecule has 156 valence electrons. The zero-order chi connectivity index (χ0) is 21.9. The summed E-state index contributed by atoms with van der Waals surface area (Å²) < 4.78 is 5.94. The van der Waals surface area contributed by atoms with Gasteiger partial charge in [-0.3, -0.25) is 14.4 Å². The Bertz CT molecular complexity index is 1040. The first-order valence-corrected chi connectivity index (χ1v) is 10.6. The Morgan fingerprint density at radius 3 is 2.70 bits per heavy atom. The number of morpholine rings is 1. The molecule has 2 N–H and O–H groups in total. The molecule has 8 nitrogen and oxygen atoms in total. The molecule has 0 bridgehead atoms. The van der Waals surface area contributed by atoms with Gasteiger partial charge in [0.1, 0.15) is 18.2 Å². The van der Waals surface area contributed by atoms with Gasteiger partial charge in [-0.1, -0.05) is 0 Å². The van der Waals surface area contributed by atoms with Gasteiger partial charge in [0.2, 0.25) is 5.91 Å². The van der Waals surface area contributed by atoms with Crippen molar-refractivity contribution < 1.29 is 19.1 Å². The van der Waals surface area contributed by atoms with E-state index < -0.39 is 11.4 Å². The first-order valence-electron chi connectivity index (χ1n) is 9.03. The number of carbonyl (C=O) groups is 3. The summed E-state index contributed by atoms with van der Waals surface area (Å²) in [5.41, 5.74) is -0.0747. The van der Waals surface area contributed by atoms with Crippen molar-refractivity contribution in [1.82, 2.24) is 5.32 Å². The SMILES string of the molecule is CC(C)(NC(=O)c1ccc(Br)s1)C(=O)Nc1ccc(N2CCOCC2=O)c(C#N)c1. The fourth-order valence-electron chi connectivity index (χ4n) is 2.84. The smallest absolute Gasteiger partial charge is 0.262 e. The van der Waals surface area contributed by atoms with Gasteiger partial charge in [-0.15, -0.1) is 11.3 Å². The Morgan fingerprint density at radius 2 is 2.07 bits per heavy atom. The molecule has 1 aliphatic rings. The minimum atomic E-state index is -1.20. The quantitative estimate of drug-likeness (QED) is 0.668. The van der Waals surface area contributed by atoms with Crippen molar-refractivity contribution in [3.8, 4) is 6.07 Å². The molecule has 1 aliphatic heterocycles. The van der Waals surface area contributed by atoms with Crippen molar-refractivity contribution in [2.24, 2.45) is 0 Å². The molecule has 0 spiro atoms. The van der Waals surface area contributed by atoms with E-state index in [9.17, 15) is 19.6 Å². The van der Waals surface area contributed by atoms with Crippen LogP contribution in [0.25, 0.3) is 0 Å². The van der Waals surface area contributed by atoms with Crippen molar-refractivity contribution in [3.05, 3.63) is 44.6 Å². The van der Waals surface area contributed by atoms with Gasteiger partial charge >= 0.3 is 0 Å². The van der Waals surface area contributed by atoms with Gasteiger partial charge in [0.15, 0.2) is 0 Å². The largest absolute Gasteiger partial charge is 0.370 e. The Kier molecular flexibility index (Phi) is 6.55. The first-order chi connectivity index (χ1) is 14.2. The van der Waals surface area contributed by atoms with E-state index in [2.05, 4.69) is 32.6 Å². The highest BCUT2D eigenvalue weighted by Gasteiger charge is 2.31. The number of benzene rings is 1. The van der Waals surface area contributed by atoms with Gasteiger partial charge < -0.3 is 20.3 Å². The maximum atomic E-state index is 12.7. The van der Waals surface area contributed by atoms with Gasteiger partial charge in [0.05, 0.1) is 26.5 Å². The summed E-state index contributed by atoms with van der Waals surface area (Å²) in [5, 5.41) is 14.9. The second kappa shape index (κ2) is 8.95. The van der Waals surface area contributed by atoms with E-state index in [1.807, 2.05) is 0 Å². The second-order valence-electron chi connectivity index (χ2n) is 7.08. The Hall–Kier alpha value is -2.74. The fourth-order valence-corrected chi connectivity index (χ4v) is 4.12. The molecule has 1 fully saturated rings. The molecule has 2 aromatic rings. The number of halogens is 1. The number of ether oxygens (including phenoxy) is 1. The normalized spacial score (nSPS) is 14.2. The summed E-state index contributed by atoms with van der Waals surface area (Å²) in [5.74, 6) is -1.02. The molecule has 3 amide bonds. The minimum absolute atomic E-state index is 0.0297. The molecule has 10 heteroatoms. The van der Waals surface area contributed by atoms with Crippen LogP contribution in [0.4, 0.5) is 11.4 Å². The van der Waals surface area contributed by atoms with E-state index >= 15 is 0 Å². The van der Waals surface area contributed by atoms with E-state index in [4.69, 9.17) is 4.74 Å². The summed E-state index contributed by atoms with van der Waals surface area (Å²) >= 11 is 4.57. The molecule has 1 saturated heterocycles. The number of hydrogen-bond acceptors (Lipinski definition) is 6. The lowest BCUT2D eigenvalue weighted by Gasteiger charge is -2.28. The van der Waals surface area contributed by atoms with Crippen molar-refractivity contribution in [2.45, 2.75) is 19.4 Å². The Labute approximate surface area is 185 Å². The number of nitriles is 1. The van der Waals surface area contributed by atoms with Crippen LogP contribution in [0.5, 0.6) is 0 Å². The molecular formula is C20H19BrN4O4S. The third-order valence-corrected chi connectivity index (χ3v) is 6.06. The van der Waals surface area contributed by atoms with Crippen LogP contribution in [0.3, 0.4) is 0 Å². The van der Waals surface area contributed by atoms with Gasteiger partial charge in [-0.25, -0.2) is 0 Å². The average Bonchev–Trinajstić information content (AvgIpc) is 3.14. The maximum Gasteiger partial charge on any atom is 0.262 e. The highest BCUT2D eigenvalue weighted by molar-refractivity contribution is 9.11. The molecule has 30 heavy (non-hydrogen) atoms. The van der Waals surface area contributed by atoms with Crippen molar-refractivity contribution in [1.29, 1.82) is 5.26 Å². The highest BCUT2D eigenvalue weighted by atomic mass is 79.9. The van der Waals surface area contributed by atoms with Crippen LogP contribution in [0, 0.1) is 11.3 Å². The lowest BCUT2D eigenvalue weighted by Crippen LogP contribution is -2.52. The molecule has 0 saturated carbocycles. The monoisotopic (exact) mass is 490 g/mol.